The van der Waals surface area contributed by atoms with Gasteiger partial charge in [-0.2, -0.15) is 17.6 Å². The zero-order valence-electron chi connectivity index (χ0n) is 19.9. The Hall–Kier alpha value is -3.12. The Labute approximate surface area is 211 Å². The molecule has 0 bridgehead atoms. The van der Waals surface area contributed by atoms with Gasteiger partial charge >= 0.3 is 6.18 Å². The van der Waals surface area contributed by atoms with Gasteiger partial charge in [-0.15, -0.1) is 0 Å². The summed E-state index contributed by atoms with van der Waals surface area (Å²) >= 11 is 0. The number of rotatable bonds is 7. The molecule has 1 aliphatic rings. The number of pyridine rings is 2. The Bertz CT molecular complexity index is 1360. The first-order valence-electron chi connectivity index (χ1n) is 11.5. The van der Waals surface area contributed by atoms with Gasteiger partial charge in [-0.25, -0.2) is 22.8 Å². The van der Waals surface area contributed by atoms with Crippen LogP contribution in [0.25, 0.3) is 0 Å². The normalized spacial score (nSPS) is 15.6. The lowest BCUT2D eigenvalue weighted by Gasteiger charge is -2.38. The van der Waals surface area contributed by atoms with Gasteiger partial charge in [0.1, 0.15) is 5.82 Å². The first-order valence-corrected chi connectivity index (χ1v) is 13.2. The highest BCUT2D eigenvalue weighted by Gasteiger charge is 2.38. The van der Waals surface area contributed by atoms with Crippen LogP contribution in [0.1, 0.15) is 29.7 Å². The standard InChI is InChI=1S/C25H25F5N4O2S/c1-33(19-9-11-34(12-10-19)15-17-5-2-3-7-21(17)26)22-14-31-24(13-20(22)25(28,29)30)37(35,36)16-18-6-4-8-23(27)32-18/h2-8,13-14,19H,9-12,15-16H2,1H3. The number of benzene rings is 1. The molecule has 12 heteroatoms. The number of anilines is 1. The molecule has 0 spiro atoms. The van der Waals surface area contributed by atoms with Crippen molar-refractivity contribution in [3.8, 4) is 0 Å². The molecule has 1 aromatic carbocycles. The van der Waals surface area contributed by atoms with Gasteiger partial charge in [0.25, 0.3) is 0 Å². The minimum absolute atomic E-state index is 0.140. The molecule has 0 aliphatic carbocycles. The fourth-order valence-electron chi connectivity index (χ4n) is 4.44. The molecule has 1 fully saturated rings. The number of aromatic nitrogens is 2. The second-order valence-electron chi connectivity index (χ2n) is 8.96. The first-order chi connectivity index (χ1) is 17.4. The average molecular weight is 541 g/mol. The van der Waals surface area contributed by atoms with Crippen LogP contribution in [0, 0.1) is 11.8 Å². The lowest BCUT2D eigenvalue weighted by molar-refractivity contribution is -0.137. The van der Waals surface area contributed by atoms with E-state index in [9.17, 15) is 30.4 Å². The van der Waals surface area contributed by atoms with Crippen molar-refractivity contribution in [2.45, 2.75) is 42.4 Å². The lowest BCUT2D eigenvalue weighted by Crippen LogP contribution is -2.43. The molecular formula is C25H25F5N4O2S. The lowest BCUT2D eigenvalue weighted by atomic mass is 10.0. The molecule has 1 aliphatic heterocycles. The van der Waals surface area contributed by atoms with Crippen LogP contribution in [0.4, 0.5) is 27.6 Å². The minimum Gasteiger partial charge on any atom is -0.370 e. The van der Waals surface area contributed by atoms with Gasteiger partial charge < -0.3 is 4.90 Å². The summed E-state index contributed by atoms with van der Waals surface area (Å²) in [5, 5.41) is -0.761. The van der Waals surface area contributed by atoms with Gasteiger partial charge in [0.15, 0.2) is 5.03 Å². The fraction of sp³-hybridized carbons (Fsp3) is 0.360. The number of hydrogen-bond acceptors (Lipinski definition) is 6. The van der Waals surface area contributed by atoms with E-state index in [4.69, 9.17) is 0 Å². The molecule has 37 heavy (non-hydrogen) atoms. The van der Waals surface area contributed by atoms with Crippen molar-refractivity contribution in [1.82, 2.24) is 14.9 Å². The summed E-state index contributed by atoms with van der Waals surface area (Å²) in [4.78, 5) is 10.8. The van der Waals surface area contributed by atoms with Crippen molar-refractivity contribution in [2.75, 3.05) is 25.0 Å². The van der Waals surface area contributed by atoms with Crippen LogP contribution in [-0.2, 0) is 28.3 Å². The number of likely N-dealkylation sites (tertiary alicyclic amines) is 1. The quantitative estimate of drug-likeness (QED) is 0.316. The molecule has 0 atom stereocenters. The maximum atomic E-state index is 14.0. The highest BCUT2D eigenvalue weighted by Crippen LogP contribution is 2.38. The number of alkyl halides is 3. The zero-order chi connectivity index (χ0) is 26.8. The van der Waals surface area contributed by atoms with Crippen LogP contribution >= 0.6 is 0 Å². The van der Waals surface area contributed by atoms with E-state index in [1.54, 1.807) is 18.2 Å². The SMILES string of the molecule is CN(c1cnc(S(=O)(=O)Cc2cccc(F)n2)cc1C(F)(F)F)C1CCN(Cc2ccccc2F)CC1. The maximum Gasteiger partial charge on any atom is 0.418 e. The zero-order valence-corrected chi connectivity index (χ0v) is 20.7. The van der Waals surface area contributed by atoms with Gasteiger partial charge in [0.05, 0.1) is 28.9 Å². The predicted molar refractivity (Wildman–Crippen MR) is 127 cm³/mol. The maximum absolute atomic E-state index is 14.0. The Morgan fingerprint density at radius 3 is 2.41 bits per heavy atom. The number of halogens is 5. The predicted octanol–water partition coefficient (Wildman–Crippen LogP) is 4.85. The second-order valence-corrected chi connectivity index (χ2v) is 10.9. The number of nitrogens with zero attached hydrogens (tertiary/aromatic N) is 4. The Balaban J connectivity index is 1.51. The van der Waals surface area contributed by atoms with E-state index in [0.29, 0.717) is 44.1 Å². The molecule has 4 rings (SSSR count). The van der Waals surface area contributed by atoms with Gasteiger partial charge in [0.2, 0.25) is 15.8 Å². The van der Waals surface area contributed by atoms with Crippen molar-refractivity contribution >= 4 is 15.5 Å². The first kappa shape index (κ1) is 26.9. The Morgan fingerprint density at radius 2 is 1.76 bits per heavy atom. The summed E-state index contributed by atoms with van der Waals surface area (Å²) in [6.07, 6.45) is -2.85. The van der Waals surface area contributed by atoms with Crippen LogP contribution in [0.3, 0.4) is 0 Å². The Kier molecular flexibility index (Phi) is 7.79. The molecule has 0 radical (unpaired) electrons. The molecule has 198 valence electrons. The molecule has 3 aromatic rings. The van der Waals surface area contributed by atoms with E-state index in [1.807, 2.05) is 4.90 Å². The van der Waals surface area contributed by atoms with Gasteiger partial charge in [-0.1, -0.05) is 24.3 Å². The molecule has 3 heterocycles. The van der Waals surface area contributed by atoms with Crippen molar-refractivity contribution in [3.05, 3.63) is 83.3 Å². The molecule has 1 saturated heterocycles. The minimum atomic E-state index is -4.83. The third-order valence-electron chi connectivity index (χ3n) is 6.43. The molecule has 0 unspecified atom stereocenters. The number of piperidine rings is 1. The summed E-state index contributed by atoms with van der Waals surface area (Å²) in [7, 11) is -2.79. The largest absolute Gasteiger partial charge is 0.418 e. The van der Waals surface area contributed by atoms with E-state index in [-0.39, 0.29) is 23.2 Å². The summed E-state index contributed by atoms with van der Waals surface area (Å²) in [6.45, 7) is 1.53. The van der Waals surface area contributed by atoms with E-state index in [1.165, 1.54) is 30.1 Å². The highest BCUT2D eigenvalue weighted by molar-refractivity contribution is 7.90. The van der Waals surface area contributed by atoms with Crippen molar-refractivity contribution in [3.63, 3.8) is 0 Å². The summed E-state index contributed by atoms with van der Waals surface area (Å²) < 4.78 is 94.8. The van der Waals surface area contributed by atoms with Gasteiger partial charge in [-0.05, 0) is 37.1 Å². The van der Waals surface area contributed by atoms with E-state index in [2.05, 4.69) is 9.97 Å². The molecule has 0 saturated carbocycles. The number of sulfone groups is 1. The van der Waals surface area contributed by atoms with E-state index < -0.39 is 38.3 Å². The molecule has 0 N–H and O–H groups in total. The Morgan fingerprint density at radius 1 is 1.05 bits per heavy atom. The number of hydrogen-bond donors (Lipinski definition) is 0. The monoisotopic (exact) mass is 540 g/mol. The van der Waals surface area contributed by atoms with Crippen molar-refractivity contribution in [1.29, 1.82) is 0 Å². The van der Waals surface area contributed by atoms with Crippen LogP contribution < -0.4 is 4.90 Å². The van der Waals surface area contributed by atoms with Crippen LogP contribution in [0.15, 0.2) is 59.8 Å². The van der Waals surface area contributed by atoms with Gasteiger partial charge in [-0.3, -0.25) is 4.90 Å². The van der Waals surface area contributed by atoms with Gasteiger partial charge in [0, 0.05) is 38.3 Å². The average Bonchev–Trinajstić information content (AvgIpc) is 2.84. The molecule has 0 amide bonds. The fourth-order valence-corrected chi connectivity index (χ4v) is 5.64. The van der Waals surface area contributed by atoms with Crippen LogP contribution in [-0.4, -0.2) is 49.5 Å². The molecule has 2 aromatic heterocycles. The third-order valence-corrected chi connectivity index (χ3v) is 7.97. The van der Waals surface area contributed by atoms with E-state index >= 15 is 0 Å². The molecular weight excluding hydrogens is 515 g/mol. The third kappa shape index (κ3) is 6.42. The highest BCUT2D eigenvalue weighted by atomic mass is 32.2. The van der Waals surface area contributed by atoms with Crippen molar-refractivity contribution in [2.24, 2.45) is 0 Å². The van der Waals surface area contributed by atoms with Crippen LogP contribution in [0.5, 0.6) is 0 Å². The molecule has 6 nitrogen and oxygen atoms in total. The summed E-state index contributed by atoms with van der Waals surface area (Å²) in [5.41, 5.74) is -0.936. The topological polar surface area (TPSA) is 66.4 Å². The summed E-state index contributed by atoms with van der Waals surface area (Å²) in [5.74, 6) is -1.98. The smallest absolute Gasteiger partial charge is 0.370 e. The van der Waals surface area contributed by atoms with Crippen LogP contribution in [0.2, 0.25) is 0 Å². The summed E-state index contributed by atoms with van der Waals surface area (Å²) in [6, 6.07) is 10.3. The second kappa shape index (κ2) is 10.7. The van der Waals surface area contributed by atoms with E-state index in [0.717, 1.165) is 12.3 Å². The van der Waals surface area contributed by atoms with Crippen molar-refractivity contribution < 1.29 is 30.4 Å².